The summed E-state index contributed by atoms with van der Waals surface area (Å²) in [5.41, 5.74) is 2.33. The van der Waals surface area contributed by atoms with Crippen molar-refractivity contribution in [1.29, 1.82) is 0 Å². The van der Waals surface area contributed by atoms with Crippen molar-refractivity contribution in [3.8, 4) is 11.4 Å². The molecule has 0 amide bonds. The molecular weight excluding hydrogens is 256 g/mol. The molecule has 0 fully saturated rings. The number of carboxylic acids is 1. The first-order valence-electron chi connectivity index (χ1n) is 6.20. The average molecular weight is 268 g/mol. The highest BCUT2D eigenvalue weighted by atomic mass is 16.4. The quantitative estimate of drug-likeness (QED) is 0.787. The van der Waals surface area contributed by atoms with Gasteiger partial charge in [0.25, 0.3) is 0 Å². The molecule has 0 saturated heterocycles. The molecule has 3 rings (SSSR count). The van der Waals surface area contributed by atoms with Crippen molar-refractivity contribution in [3.63, 3.8) is 0 Å². The Morgan fingerprint density at radius 2 is 2.10 bits per heavy atom. The van der Waals surface area contributed by atoms with Crippen LogP contribution in [0.2, 0.25) is 0 Å². The Morgan fingerprint density at radius 3 is 2.75 bits per heavy atom. The van der Waals surface area contributed by atoms with Crippen molar-refractivity contribution < 1.29 is 9.90 Å². The van der Waals surface area contributed by atoms with E-state index in [9.17, 15) is 4.79 Å². The van der Waals surface area contributed by atoms with E-state index < -0.39 is 5.97 Å². The second kappa shape index (κ2) is 4.73. The number of hydrogen-bond donors (Lipinski definition) is 1. The van der Waals surface area contributed by atoms with Crippen molar-refractivity contribution in [2.75, 3.05) is 0 Å². The van der Waals surface area contributed by atoms with Crippen molar-refractivity contribution in [2.24, 2.45) is 0 Å². The number of imidazole rings is 1. The van der Waals surface area contributed by atoms with Gasteiger partial charge in [-0.2, -0.15) is 0 Å². The Kier molecular flexibility index (Phi) is 2.90. The van der Waals surface area contributed by atoms with Gasteiger partial charge in [0.1, 0.15) is 11.3 Å². The number of aromatic nitrogens is 4. The lowest BCUT2D eigenvalue weighted by molar-refractivity contribution is 0.0696. The normalized spacial score (nSPS) is 10.8. The molecule has 0 saturated carbocycles. The lowest BCUT2D eigenvalue weighted by atomic mass is 10.2. The van der Waals surface area contributed by atoms with Gasteiger partial charge in [-0.15, -0.1) is 0 Å². The van der Waals surface area contributed by atoms with Crippen molar-refractivity contribution >= 4 is 17.1 Å². The fraction of sp³-hybridized carbons (Fsp3) is 0.143. The van der Waals surface area contributed by atoms with Gasteiger partial charge in [0.15, 0.2) is 5.65 Å². The number of nitrogens with zero attached hydrogens (tertiary/aromatic N) is 4. The minimum Gasteiger partial charge on any atom is -0.478 e. The molecular formula is C14H12N4O2. The number of pyridine rings is 2. The lowest BCUT2D eigenvalue weighted by Crippen LogP contribution is -2.00. The summed E-state index contributed by atoms with van der Waals surface area (Å²) < 4.78 is 1.95. The summed E-state index contributed by atoms with van der Waals surface area (Å²) in [6, 6.07) is 5.28. The smallest absolute Gasteiger partial charge is 0.337 e. The van der Waals surface area contributed by atoms with Crippen LogP contribution in [0.4, 0.5) is 0 Å². The zero-order valence-corrected chi connectivity index (χ0v) is 10.8. The van der Waals surface area contributed by atoms with E-state index in [2.05, 4.69) is 15.0 Å². The molecule has 0 aliphatic heterocycles. The molecule has 6 heteroatoms. The minimum atomic E-state index is -1.00. The molecule has 20 heavy (non-hydrogen) atoms. The Hall–Kier alpha value is -2.76. The van der Waals surface area contributed by atoms with Crippen LogP contribution >= 0.6 is 0 Å². The molecule has 3 aromatic rings. The van der Waals surface area contributed by atoms with Gasteiger partial charge in [-0.25, -0.2) is 14.8 Å². The van der Waals surface area contributed by atoms with Crippen LogP contribution in [-0.2, 0) is 6.54 Å². The minimum absolute atomic E-state index is 0.138. The fourth-order valence-electron chi connectivity index (χ4n) is 2.15. The van der Waals surface area contributed by atoms with Crippen molar-refractivity contribution in [3.05, 3.63) is 42.4 Å². The van der Waals surface area contributed by atoms with Gasteiger partial charge < -0.3 is 9.67 Å². The van der Waals surface area contributed by atoms with Gasteiger partial charge in [0.05, 0.1) is 5.56 Å². The Bertz CT molecular complexity index is 780. The second-order valence-electron chi connectivity index (χ2n) is 4.29. The second-order valence-corrected chi connectivity index (χ2v) is 4.29. The van der Waals surface area contributed by atoms with Crippen LogP contribution in [-0.4, -0.2) is 30.6 Å². The number of carboxylic acid groups (broad SMARTS) is 1. The van der Waals surface area contributed by atoms with E-state index in [1.54, 1.807) is 18.5 Å². The molecule has 1 N–H and O–H groups in total. The predicted molar refractivity (Wildman–Crippen MR) is 73.4 cm³/mol. The van der Waals surface area contributed by atoms with Crippen molar-refractivity contribution in [1.82, 2.24) is 19.5 Å². The highest BCUT2D eigenvalue weighted by molar-refractivity contribution is 5.91. The van der Waals surface area contributed by atoms with E-state index in [-0.39, 0.29) is 5.56 Å². The third-order valence-corrected chi connectivity index (χ3v) is 3.09. The molecule has 0 atom stereocenters. The first-order valence-corrected chi connectivity index (χ1v) is 6.20. The van der Waals surface area contributed by atoms with E-state index in [0.29, 0.717) is 17.7 Å². The highest BCUT2D eigenvalue weighted by Gasteiger charge is 2.14. The van der Waals surface area contributed by atoms with Crippen LogP contribution < -0.4 is 0 Å². The summed E-state index contributed by atoms with van der Waals surface area (Å²) in [7, 11) is 0. The Balaban J connectivity index is 2.25. The van der Waals surface area contributed by atoms with Crippen molar-refractivity contribution in [2.45, 2.75) is 13.5 Å². The number of fused-ring (bicyclic) bond motifs is 1. The van der Waals surface area contributed by atoms with E-state index in [1.807, 2.05) is 23.6 Å². The van der Waals surface area contributed by atoms with E-state index in [4.69, 9.17) is 5.11 Å². The van der Waals surface area contributed by atoms with Gasteiger partial charge in [-0.3, -0.25) is 4.98 Å². The third kappa shape index (κ3) is 1.91. The van der Waals surface area contributed by atoms with Gasteiger partial charge in [0.2, 0.25) is 0 Å². The molecule has 3 aromatic heterocycles. The van der Waals surface area contributed by atoms with Crippen LogP contribution in [0, 0.1) is 0 Å². The number of hydrogen-bond acceptors (Lipinski definition) is 4. The van der Waals surface area contributed by atoms with Gasteiger partial charge >= 0.3 is 5.97 Å². The molecule has 0 aliphatic carbocycles. The first-order chi connectivity index (χ1) is 9.70. The van der Waals surface area contributed by atoms with Gasteiger partial charge in [-0.1, -0.05) is 0 Å². The summed E-state index contributed by atoms with van der Waals surface area (Å²) in [6.07, 6.45) is 4.75. The number of carbonyl (C=O) groups is 1. The zero-order chi connectivity index (χ0) is 14.1. The molecule has 0 aromatic carbocycles. The summed E-state index contributed by atoms with van der Waals surface area (Å²) >= 11 is 0. The third-order valence-electron chi connectivity index (χ3n) is 3.09. The molecule has 0 aliphatic rings. The SMILES string of the molecule is CCn1c(-c2ccncc2)nc2cc(C(=O)O)cnc21. The summed E-state index contributed by atoms with van der Waals surface area (Å²) in [5, 5.41) is 9.01. The van der Waals surface area contributed by atoms with E-state index in [1.165, 1.54) is 6.20 Å². The number of rotatable bonds is 3. The maximum absolute atomic E-state index is 11.0. The van der Waals surface area contributed by atoms with Gasteiger partial charge in [-0.05, 0) is 25.1 Å². The zero-order valence-electron chi connectivity index (χ0n) is 10.8. The molecule has 0 unspecified atom stereocenters. The average Bonchev–Trinajstić information content (AvgIpc) is 2.85. The summed E-state index contributed by atoms with van der Waals surface area (Å²) in [5.74, 6) is -0.240. The molecule has 0 bridgehead atoms. The number of aryl methyl sites for hydroxylation is 1. The van der Waals surface area contributed by atoms with Crippen LogP contribution in [0.25, 0.3) is 22.6 Å². The molecule has 0 spiro atoms. The topological polar surface area (TPSA) is 80.9 Å². The molecule has 3 heterocycles. The van der Waals surface area contributed by atoms with Crippen LogP contribution in [0.15, 0.2) is 36.8 Å². The maximum atomic E-state index is 11.0. The Morgan fingerprint density at radius 1 is 1.35 bits per heavy atom. The molecule has 6 nitrogen and oxygen atoms in total. The van der Waals surface area contributed by atoms with Crippen LogP contribution in [0.1, 0.15) is 17.3 Å². The van der Waals surface area contributed by atoms with Crippen LogP contribution in [0.5, 0.6) is 0 Å². The first kappa shape index (κ1) is 12.3. The Labute approximate surface area is 114 Å². The largest absolute Gasteiger partial charge is 0.478 e. The highest BCUT2D eigenvalue weighted by Crippen LogP contribution is 2.23. The lowest BCUT2D eigenvalue weighted by Gasteiger charge is -2.04. The van der Waals surface area contributed by atoms with E-state index >= 15 is 0 Å². The standard InChI is InChI=1S/C14H12N4O2/c1-2-18-12(9-3-5-15-6-4-9)17-11-7-10(14(19)20)8-16-13(11)18/h3-8H,2H2,1H3,(H,19,20). The summed E-state index contributed by atoms with van der Waals surface area (Å²) in [6.45, 7) is 2.70. The fourth-order valence-corrected chi connectivity index (χ4v) is 2.15. The van der Waals surface area contributed by atoms with Gasteiger partial charge in [0, 0.05) is 30.7 Å². The van der Waals surface area contributed by atoms with E-state index in [0.717, 1.165) is 11.4 Å². The maximum Gasteiger partial charge on any atom is 0.337 e. The van der Waals surface area contributed by atoms with Crippen LogP contribution in [0.3, 0.4) is 0 Å². The summed E-state index contributed by atoms with van der Waals surface area (Å²) in [4.78, 5) is 23.7. The number of aromatic carboxylic acids is 1. The monoisotopic (exact) mass is 268 g/mol. The molecule has 100 valence electrons. The predicted octanol–water partition coefficient (Wildman–Crippen LogP) is 2.21. The molecule has 0 radical (unpaired) electrons.